The van der Waals surface area contributed by atoms with Crippen LogP contribution in [0.3, 0.4) is 0 Å². The van der Waals surface area contributed by atoms with Crippen LogP contribution < -0.4 is 5.32 Å². The molecule has 16 heavy (non-hydrogen) atoms. The maximum absolute atomic E-state index is 10.6. The van der Waals surface area contributed by atoms with E-state index in [4.69, 9.17) is 5.11 Å². The van der Waals surface area contributed by atoms with E-state index in [2.05, 4.69) is 17.3 Å². The second-order valence-electron chi connectivity index (χ2n) is 5.35. The number of nitrogens with one attached hydrogen (secondary N) is 1. The van der Waals surface area contributed by atoms with Crippen LogP contribution in [-0.4, -0.2) is 49.2 Å². The molecule has 3 atom stereocenters. The number of carboxylic acids is 1. The van der Waals surface area contributed by atoms with Gasteiger partial charge in [0.15, 0.2) is 0 Å². The normalized spacial score (nSPS) is 34.2. The standard InChI is InChI=1S/C12H22N2O2/c1-14-5-3-9(8-14)2-4-13-7-10-6-11(10)12(15)16/h9-11,13H,2-8H2,1H3,(H,15,16). The van der Waals surface area contributed by atoms with Crippen molar-refractivity contribution in [2.24, 2.45) is 17.8 Å². The molecule has 2 rings (SSSR count). The van der Waals surface area contributed by atoms with Crippen LogP contribution in [0.25, 0.3) is 0 Å². The highest BCUT2D eigenvalue weighted by Crippen LogP contribution is 2.37. The molecule has 0 bridgehead atoms. The van der Waals surface area contributed by atoms with Crippen LogP contribution >= 0.6 is 0 Å². The van der Waals surface area contributed by atoms with Crippen LogP contribution in [0.2, 0.25) is 0 Å². The van der Waals surface area contributed by atoms with E-state index in [0.717, 1.165) is 25.4 Å². The molecule has 1 heterocycles. The van der Waals surface area contributed by atoms with E-state index in [-0.39, 0.29) is 5.92 Å². The van der Waals surface area contributed by atoms with Crippen molar-refractivity contribution < 1.29 is 9.90 Å². The van der Waals surface area contributed by atoms with Gasteiger partial charge >= 0.3 is 5.97 Å². The van der Waals surface area contributed by atoms with Crippen molar-refractivity contribution in [2.75, 3.05) is 33.2 Å². The quantitative estimate of drug-likeness (QED) is 0.653. The molecule has 1 aliphatic carbocycles. The zero-order valence-electron chi connectivity index (χ0n) is 9.98. The first-order chi connectivity index (χ1) is 7.66. The van der Waals surface area contributed by atoms with Gasteiger partial charge in [0.2, 0.25) is 0 Å². The molecule has 2 aliphatic rings. The molecule has 1 saturated heterocycles. The van der Waals surface area contributed by atoms with Crippen molar-refractivity contribution in [1.29, 1.82) is 0 Å². The Hall–Kier alpha value is -0.610. The van der Waals surface area contributed by atoms with Crippen molar-refractivity contribution in [1.82, 2.24) is 10.2 Å². The van der Waals surface area contributed by atoms with Gasteiger partial charge in [0.25, 0.3) is 0 Å². The van der Waals surface area contributed by atoms with Gasteiger partial charge in [-0.05, 0) is 57.8 Å². The van der Waals surface area contributed by atoms with E-state index in [9.17, 15) is 4.79 Å². The molecule has 0 radical (unpaired) electrons. The highest BCUT2D eigenvalue weighted by molar-refractivity contribution is 5.73. The molecular weight excluding hydrogens is 204 g/mol. The van der Waals surface area contributed by atoms with Crippen LogP contribution in [0.15, 0.2) is 0 Å². The predicted molar refractivity (Wildman–Crippen MR) is 62.3 cm³/mol. The number of carboxylic acid groups (broad SMARTS) is 1. The van der Waals surface area contributed by atoms with Crippen LogP contribution in [0.5, 0.6) is 0 Å². The molecule has 92 valence electrons. The first kappa shape index (κ1) is 11.9. The number of rotatable bonds is 6. The Bertz CT molecular complexity index is 257. The van der Waals surface area contributed by atoms with Gasteiger partial charge in [0.1, 0.15) is 0 Å². The molecule has 0 aromatic heterocycles. The molecule has 4 nitrogen and oxygen atoms in total. The summed E-state index contributed by atoms with van der Waals surface area (Å²) in [6.07, 6.45) is 3.42. The Morgan fingerprint density at radius 3 is 2.94 bits per heavy atom. The minimum Gasteiger partial charge on any atom is -0.481 e. The summed E-state index contributed by atoms with van der Waals surface area (Å²) in [4.78, 5) is 13.0. The summed E-state index contributed by atoms with van der Waals surface area (Å²) in [6, 6.07) is 0. The maximum Gasteiger partial charge on any atom is 0.306 e. The fraction of sp³-hybridized carbons (Fsp3) is 0.917. The van der Waals surface area contributed by atoms with Gasteiger partial charge in [-0.15, -0.1) is 0 Å². The van der Waals surface area contributed by atoms with Gasteiger partial charge in [-0.3, -0.25) is 4.79 Å². The lowest BCUT2D eigenvalue weighted by atomic mass is 10.1. The van der Waals surface area contributed by atoms with Crippen LogP contribution in [0.4, 0.5) is 0 Å². The Morgan fingerprint density at radius 1 is 1.56 bits per heavy atom. The molecule has 0 spiro atoms. The summed E-state index contributed by atoms with van der Waals surface area (Å²) in [5, 5.41) is 12.1. The Balaban J connectivity index is 1.49. The highest BCUT2D eigenvalue weighted by atomic mass is 16.4. The second-order valence-corrected chi connectivity index (χ2v) is 5.35. The number of aliphatic carboxylic acids is 1. The molecule has 0 aromatic carbocycles. The summed E-state index contributed by atoms with van der Waals surface area (Å²) in [6.45, 7) is 4.39. The highest BCUT2D eigenvalue weighted by Gasteiger charge is 2.42. The third-order valence-corrected chi connectivity index (χ3v) is 3.86. The SMILES string of the molecule is CN1CCC(CCNCC2CC2C(=O)O)C1. The van der Waals surface area contributed by atoms with Gasteiger partial charge in [0.05, 0.1) is 5.92 Å². The zero-order chi connectivity index (χ0) is 11.5. The van der Waals surface area contributed by atoms with Crippen molar-refractivity contribution >= 4 is 5.97 Å². The molecule has 3 unspecified atom stereocenters. The van der Waals surface area contributed by atoms with E-state index < -0.39 is 5.97 Å². The lowest BCUT2D eigenvalue weighted by molar-refractivity contribution is -0.138. The van der Waals surface area contributed by atoms with Crippen LogP contribution in [-0.2, 0) is 4.79 Å². The third kappa shape index (κ3) is 3.19. The van der Waals surface area contributed by atoms with Gasteiger partial charge < -0.3 is 15.3 Å². The fourth-order valence-corrected chi connectivity index (χ4v) is 2.63. The fourth-order valence-electron chi connectivity index (χ4n) is 2.63. The second kappa shape index (κ2) is 5.15. The number of nitrogens with zero attached hydrogens (tertiary/aromatic N) is 1. The first-order valence-corrected chi connectivity index (χ1v) is 6.29. The molecule has 2 N–H and O–H groups in total. The van der Waals surface area contributed by atoms with Crippen molar-refractivity contribution in [3.05, 3.63) is 0 Å². The zero-order valence-corrected chi connectivity index (χ0v) is 9.98. The third-order valence-electron chi connectivity index (χ3n) is 3.86. The Morgan fingerprint density at radius 2 is 2.38 bits per heavy atom. The van der Waals surface area contributed by atoms with Gasteiger partial charge in [-0.2, -0.15) is 0 Å². The molecule has 2 fully saturated rings. The van der Waals surface area contributed by atoms with E-state index in [1.54, 1.807) is 0 Å². The smallest absolute Gasteiger partial charge is 0.306 e. The number of hydrogen-bond donors (Lipinski definition) is 2. The summed E-state index contributed by atoms with van der Waals surface area (Å²) in [5.41, 5.74) is 0. The largest absolute Gasteiger partial charge is 0.481 e. The van der Waals surface area contributed by atoms with Gasteiger partial charge in [-0.1, -0.05) is 0 Å². The molecule has 1 saturated carbocycles. The minimum atomic E-state index is -0.621. The topological polar surface area (TPSA) is 52.6 Å². The number of hydrogen-bond acceptors (Lipinski definition) is 3. The molecular formula is C12H22N2O2. The number of likely N-dealkylation sites (tertiary alicyclic amines) is 1. The minimum absolute atomic E-state index is 0.0647. The van der Waals surface area contributed by atoms with Crippen molar-refractivity contribution in [3.8, 4) is 0 Å². The van der Waals surface area contributed by atoms with Crippen LogP contribution in [0, 0.1) is 17.8 Å². The first-order valence-electron chi connectivity index (χ1n) is 6.29. The summed E-state index contributed by atoms with van der Waals surface area (Å²) in [5.74, 6) is 0.546. The molecule has 4 heteroatoms. The maximum atomic E-state index is 10.6. The summed E-state index contributed by atoms with van der Waals surface area (Å²) < 4.78 is 0. The average Bonchev–Trinajstić information content (AvgIpc) is 2.90. The van der Waals surface area contributed by atoms with Crippen LogP contribution in [0.1, 0.15) is 19.3 Å². The van der Waals surface area contributed by atoms with E-state index in [0.29, 0.717) is 5.92 Å². The average molecular weight is 226 g/mol. The summed E-state index contributed by atoms with van der Waals surface area (Å²) in [7, 11) is 2.18. The molecule has 0 aromatic rings. The number of carbonyl (C=O) groups is 1. The van der Waals surface area contributed by atoms with Crippen molar-refractivity contribution in [3.63, 3.8) is 0 Å². The van der Waals surface area contributed by atoms with E-state index in [1.165, 1.54) is 25.9 Å². The van der Waals surface area contributed by atoms with Gasteiger partial charge in [-0.25, -0.2) is 0 Å². The predicted octanol–water partition coefficient (Wildman–Crippen LogP) is 0.639. The molecule has 1 aliphatic heterocycles. The van der Waals surface area contributed by atoms with E-state index >= 15 is 0 Å². The van der Waals surface area contributed by atoms with Gasteiger partial charge in [0, 0.05) is 6.54 Å². The monoisotopic (exact) mass is 226 g/mol. The Labute approximate surface area is 97.0 Å². The van der Waals surface area contributed by atoms with E-state index in [1.807, 2.05) is 0 Å². The van der Waals surface area contributed by atoms with Crippen molar-refractivity contribution in [2.45, 2.75) is 19.3 Å². The molecule has 0 amide bonds. The summed E-state index contributed by atoms with van der Waals surface area (Å²) >= 11 is 0. The lowest BCUT2D eigenvalue weighted by Gasteiger charge is -2.10. The lowest BCUT2D eigenvalue weighted by Crippen LogP contribution is -2.23. The Kier molecular flexibility index (Phi) is 3.82.